The minimum atomic E-state index is -1.75. The molecule has 2 aliphatic rings. The van der Waals surface area contributed by atoms with Gasteiger partial charge in [-0.2, -0.15) is 0 Å². The molecule has 7 unspecified atom stereocenters. The van der Waals surface area contributed by atoms with Gasteiger partial charge >= 0.3 is 0 Å². The van der Waals surface area contributed by atoms with Gasteiger partial charge in [-0.25, -0.2) is 0 Å². The van der Waals surface area contributed by atoms with Crippen molar-refractivity contribution in [2.24, 2.45) is 28.4 Å². The molecule has 6 N–H and O–H groups in total. The maximum absolute atomic E-state index is 12.5. The number of hydrogen-bond donors (Lipinski definition) is 5. The van der Waals surface area contributed by atoms with Gasteiger partial charge in [-0.3, -0.25) is 4.79 Å². The summed E-state index contributed by atoms with van der Waals surface area (Å²) in [5, 5.41) is 40.3. The van der Waals surface area contributed by atoms with Crippen molar-refractivity contribution in [2.75, 3.05) is 13.2 Å². The van der Waals surface area contributed by atoms with Crippen LogP contribution in [-0.2, 0) is 14.3 Å². The average Bonchev–Trinajstić information content (AvgIpc) is 2.91. The summed E-state index contributed by atoms with van der Waals surface area (Å²) in [7, 11) is 0. The molecule has 0 spiro atoms. The molecule has 1 aliphatic carbocycles. The van der Waals surface area contributed by atoms with Gasteiger partial charge in [-0.1, -0.05) is 58.0 Å². The molecule has 1 heterocycles. The summed E-state index contributed by atoms with van der Waals surface area (Å²) in [6.45, 7) is 8.64. The van der Waals surface area contributed by atoms with Crippen LogP contribution in [0.3, 0.4) is 0 Å². The molecule has 3 rings (SSSR count). The Morgan fingerprint density at radius 1 is 1.11 bits per heavy atom. The van der Waals surface area contributed by atoms with Crippen molar-refractivity contribution >= 4 is 5.78 Å². The van der Waals surface area contributed by atoms with Gasteiger partial charge in [0.1, 0.15) is 0 Å². The van der Waals surface area contributed by atoms with Crippen LogP contribution in [0.1, 0.15) is 71.4 Å². The van der Waals surface area contributed by atoms with E-state index in [0.717, 1.165) is 31.2 Å². The first-order valence-electron chi connectivity index (χ1n) is 12.6. The van der Waals surface area contributed by atoms with Crippen molar-refractivity contribution in [1.82, 2.24) is 0 Å². The molecule has 0 bridgehead atoms. The molecule has 8 nitrogen and oxygen atoms in total. The highest BCUT2D eigenvalue weighted by atomic mass is 16.8. The lowest BCUT2D eigenvalue weighted by molar-refractivity contribution is -0.438. The second-order valence-electron chi connectivity index (χ2n) is 11.9. The first-order valence-corrected chi connectivity index (χ1v) is 12.6. The molecule has 1 aliphatic heterocycles. The number of ether oxygens (including phenoxy) is 2. The van der Waals surface area contributed by atoms with Crippen molar-refractivity contribution in [3.05, 3.63) is 35.9 Å². The van der Waals surface area contributed by atoms with E-state index in [2.05, 4.69) is 27.7 Å². The molecule has 0 aromatic heterocycles. The Hall–Kier alpha value is -1.39. The van der Waals surface area contributed by atoms with Crippen LogP contribution in [0.15, 0.2) is 30.3 Å². The van der Waals surface area contributed by atoms with Crippen LogP contribution in [0.25, 0.3) is 0 Å². The van der Waals surface area contributed by atoms with Crippen molar-refractivity contribution in [3.8, 4) is 0 Å². The van der Waals surface area contributed by atoms with Crippen LogP contribution in [-0.4, -0.2) is 63.7 Å². The lowest BCUT2D eigenvalue weighted by Crippen LogP contribution is -2.63. The van der Waals surface area contributed by atoms with Crippen LogP contribution in [0, 0.1) is 22.7 Å². The second kappa shape index (κ2) is 10.9. The Kier molecular flexibility index (Phi) is 8.80. The summed E-state index contributed by atoms with van der Waals surface area (Å²) >= 11 is 0. The van der Waals surface area contributed by atoms with Crippen molar-refractivity contribution in [1.29, 1.82) is 0 Å². The zero-order chi connectivity index (χ0) is 26.0. The molecule has 198 valence electrons. The highest BCUT2D eigenvalue weighted by Crippen LogP contribution is 2.53. The third kappa shape index (κ3) is 6.31. The predicted octanol–water partition coefficient (Wildman–Crippen LogP) is 2.28. The standard InChI is InChI=1S/C27H43NO7/c1-25(2,12-8-11-19(30)21(28)17-9-6-5-7-10-17)16-26(3,4)13-14-34-24-20-23(32)22(31)18(15-29)27(20,33)35-24/h5-7,9-10,18,20-24,29,31-33H,8,11-16,28H2,1-4H3. The minimum absolute atomic E-state index is 0.0218. The minimum Gasteiger partial charge on any atom is -0.396 e. The first kappa shape index (κ1) is 28.2. The fraction of sp³-hybridized carbons (Fsp3) is 0.741. The fourth-order valence-corrected chi connectivity index (χ4v) is 5.94. The molecular formula is C27H43NO7. The Morgan fingerprint density at radius 3 is 2.37 bits per heavy atom. The third-order valence-corrected chi connectivity index (χ3v) is 7.73. The number of rotatable bonds is 13. The van der Waals surface area contributed by atoms with Crippen LogP contribution < -0.4 is 5.73 Å². The van der Waals surface area contributed by atoms with E-state index in [9.17, 15) is 25.2 Å². The highest BCUT2D eigenvalue weighted by molar-refractivity contribution is 5.85. The summed E-state index contributed by atoms with van der Waals surface area (Å²) in [4.78, 5) is 12.5. The zero-order valence-electron chi connectivity index (χ0n) is 21.4. The van der Waals surface area contributed by atoms with E-state index in [0.29, 0.717) is 13.0 Å². The summed E-state index contributed by atoms with van der Waals surface area (Å²) in [5.41, 5.74) is 6.95. The summed E-state index contributed by atoms with van der Waals surface area (Å²) in [6.07, 6.45) is 0.519. The maximum Gasteiger partial charge on any atom is 0.186 e. The van der Waals surface area contributed by atoms with Gasteiger partial charge in [0, 0.05) is 6.42 Å². The smallest absolute Gasteiger partial charge is 0.186 e. The zero-order valence-corrected chi connectivity index (χ0v) is 21.4. The van der Waals surface area contributed by atoms with Crippen molar-refractivity contribution in [3.63, 3.8) is 0 Å². The number of nitrogens with two attached hydrogens (primary N) is 1. The van der Waals surface area contributed by atoms with Gasteiger partial charge in [-0.15, -0.1) is 0 Å². The summed E-state index contributed by atoms with van der Waals surface area (Å²) in [6, 6.07) is 8.87. The lowest BCUT2D eigenvalue weighted by atomic mass is 9.71. The van der Waals surface area contributed by atoms with E-state index < -0.39 is 48.8 Å². The average molecular weight is 494 g/mol. The van der Waals surface area contributed by atoms with Gasteiger partial charge < -0.3 is 35.6 Å². The largest absolute Gasteiger partial charge is 0.396 e. The number of Topliss-reactive ketones (excluding diaryl/α,β-unsaturated/α-hetero) is 1. The van der Waals surface area contributed by atoms with Gasteiger partial charge in [0.25, 0.3) is 0 Å². The quantitative estimate of drug-likeness (QED) is 0.282. The SMILES string of the molecule is CC(C)(CCCC(=O)C(N)c1ccccc1)CC(C)(C)CCOC1OC2(O)C(CO)C(O)C(O)C12. The number of aliphatic hydroxyl groups excluding tert-OH is 3. The fourth-order valence-electron chi connectivity index (χ4n) is 5.94. The molecular weight excluding hydrogens is 450 g/mol. The molecule has 1 saturated carbocycles. The maximum atomic E-state index is 12.5. The van der Waals surface area contributed by atoms with Crippen LogP contribution in [0.2, 0.25) is 0 Å². The molecule has 35 heavy (non-hydrogen) atoms. The van der Waals surface area contributed by atoms with Gasteiger partial charge in [0.05, 0.1) is 43.3 Å². The van der Waals surface area contributed by atoms with E-state index >= 15 is 0 Å². The molecule has 2 fully saturated rings. The van der Waals surface area contributed by atoms with E-state index in [4.69, 9.17) is 15.2 Å². The molecule has 1 saturated heterocycles. The molecule has 7 atom stereocenters. The van der Waals surface area contributed by atoms with Crippen molar-refractivity contribution in [2.45, 2.75) is 90.1 Å². The second-order valence-corrected chi connectivity index (χ2v) is 11.9. The third-order valence-electron chi connectivity index (χ3n) is 7.73. The number of carbonyl (C=O) groups excluding carboxylic acids is 1. The Labute approximate surface area is 208 Å². The molecule has 8 heteroatoms. The number of benzene rings is 1. The monoisotopic (exact) mass is 493 g/mol. The first-order chi connectivity index (χ1) is 16.3. The number of ketones is 1. The Bertz CT molecular complexity index is 845. The van der Waals surface area contributed by atoms with E-state index in [1.165, 1.54) is 0 Å². The number of fused-ring (bicyclic) bond motifs is 1. The highest BCUT2D eigenvalue weighted by Gasteiger charge is 2.71. The predicted molar refractivity (Wildman–Crippen MR) is 131 cm³/mol. The van der Waals surface area contributed by atoms with Crippen LogP contribution in [0.5, 0.6) is 0 Å². The van der Waals surface area contributed by atoms with Crippen LogP contribution in [0.4, 0.5) is 0 Å². The lowest BCUT2D eigenvalue weighted by Gasteiger charge is -2.49. The number of hydrogen-bond acceptors (Lipinski definition) is 8. The van der Waals surface area contributed by atoms with Crippen LogP contribution >= 0.6 is 0 Å². The molecule has 0 radical (unpaired) electrons. The normalized spacial score (nSPS) is 31.6. The summed E-state index contributed by atoms with van der Waals surface area (Å²) in [5.74, 6) is -3.43. The molecule has 0 amide bonds. The van der Waals surface area contributed by atoms with E-state index in [-0.39, 0.29) is 16.6 Å². The Balaban J connectivity index is 1.40. The topological polar surface area (TPSA) is 142 Å². The van der Waals surface area contributed by atoms with Crippen molar-refractivity contribution < 1.29 is 34.7 Å². The van der Waals surface area contributed by atoms with Gasteiger partial charge in [0.15, 0.2) is 17.9 Å². The van der Waals surface area contributed by atoms with E-state index in [1.807, 2.05) is 30.3 Å². The number of carbonyl (C=O) groups is 1. The molecule has 1 aromatic carbocycles. The van der Waals surface area contributed by atoms with E-state index in [1.54, 1.807) is 0 Å². The molecule has 1 aromatic rings. The van der Waals surface area contributed by atoms with Gasteiger partial charge in [-0.05, 0) is 42.1 Å². The number of aliphatic hydroxyl groups is 4. The van der Waals surface area contributed by atoms with Gasteiger partial charge in [0.2, 0.25) is 0 Å². The summed E-state index contributed by atoms with van der Waals surface area (Å²) < 4.78 is 11.3. The Morgan fingerprint density at radius 2 is 1.74 bits per heavy atom.